The van der Waals surface area contributed by atoms with E-state index in [9.17, 15) is 4.39 Å². The van der Waals surface area contributed by atoms with Crippen LogP contribution in [0.25, 0.3) is 0 Å². The van der Waals surface area contributed by atoms with Crippen molar-refractivity contribution < 1.29 is 9.50 Å². The predicted molar refractivity (Wildman–Crippen MR) is 45.0 cm³/mol. The molecule has 0 amide bonds. The molecule has 0 spiro atoms. The van der Waals surface area contributed by atoms with Crippen LogP contribution in [-0.2, 0) is 12.4 Å². The molecular weight excluding hydrogens is 157 g/mol. The van der Waals surface area contributed by atoms with E-state index < -0.39 is 5.85 Å². The fraction of sp³-hybridized carbons (Fsp3) is 0.333. The highest BCUT2D eigenvalue weighted by molar-refractivity contribution is 5.26. The molecule has 0 saturated carbocycles. The van der Waals surface area contributed by atoms with Crippen molar-refractivity contribution in [2.75, 3.05) is 0 Å². The molecule has 3 N–H and O–H groups in total. The third-order valence-corrected chi connectivity index (χ3v) is 1.69. The highest BCUT2D eigenvalue weighted by Crippen LogP contribution is 2.22. The quantitative estimate of drug-likeness (QED) is 0.700. The average Bonchev–Trinajstić information content (AvgIpc) is 2.03. The van der Waals surface area contributed by atoms with Gasteiger partial charge in [-0.2, -0.15) is 0 Å². The summed E-state index contributed by atoms with van der Waals surface area (Å²) in [6.45, 7) is 1.45. The zero-order chi connectivity index (χ0) is 9.19. The van der Waals surface area contributed by atoms with Crippen molar-refractivity contribution in [1.82, 2.24) is 0 Å². The molecule has 1 unspecified atom stereocenters. The molecule has 0 aliphatic carbocycles. The lowest BCUT2D eigenvalue weighted by Gasteiger charge is -2.13. The number of alkyl halides is 1. The standard InChI is InChI=1S/C9H12FNO/c1-9(10,12)8-4-2-3-7(5-8)6-11/h2-5,12H,6,11H2,1H3. The maximum atomic E-state index is 13.0. The second-order valence-electron chi connectivity index (χ2n) is 2.86. The SMILES string of the molecule is CC(O)(F)c1cccc(CN)c1. The Kier molecular flexibility index (Phi) is 2.45. The van der Waals surface area contributed by atoms with Crippen molar-refractivity contribution in [1.29, 1.82) is 0 Å². The third kappa shape index (κ3) is 2.03. The number of hydrogen-bond acceptors (Lipinski definition) is 2. The minimum absolute atomic E-state index is 0.241. The monoisotopic (exact) mass is 169 g/mol. The lowest BCUT2D eigenvalue weighted by atomic mass is 10.1. The molecule has 1 atom stereocenters. The van der Waals surface area contributed by atoms with Crippen LogP contribution >= 0.6 is 0 Å². The molecule has 0 heterocycles. The van der Waals surface area contributed by atoms with Gasteiger partial charge in [0.15, 0.2) is 0 Å². The van der Waals surface area contributed by atoms with Crippen LogP contribution in [0.5, 0.6) is 0 Å². The van der Waals surface area contributed by atoms with E-state index in [0.29, 0.717) is 6.54 Å². The van der Waals surface area contributed by atoms with Crippen molar-refractivity contribution in [2.45, 2.75) is 19.3 Å². The molecule has 12 heavy (non-hydrogen) atoms. The molecule has 0 fully saturated rings. The van der Waals surface area contributed by atoms with E-state index in [1.54, 1.807) is 18.2 Å². The van der Waals surface area contributed by atoms with Gasteiger partial charge in [-0.25, -0.2) is 4.39 Å². The van der Waals surface area contributed by atoms with Crippen LogP contribution in [-0.4, -0.2) is 5.11 Å². The largest absolute Gasteiger partial charge is 0.358 e. The lowest BCUT2D eigenvalue weighted by Crippen LogP contribution is -2.13. The summed E-state index contributed by atoms with van der Waals surface area (Å²) >= 11 is 0. The first-order valence-electron chi connectivity index (χ1n) is 3.75. The normalized spacial score (nSPS) is 15.7. The fourth-order valence-electron chi connectivity index (χ4n) is 0.982. The van der Waals surface area contributed by atoms with Gasteiger partial charge in [0.25, 0.3) is 0 Å². The zero-order valence-electron chi connectivity index (χ0n) is 6.92. The van der Waals surface area contributed by atoms with E-state index in [-0.39, 0.29) is 5.56 Å². The van der Waals surface area contributed by atoms with Gasteiger partial charge >= 0.3 is 0 Å². The summed E-state index contributed by atoms with van der Waals surface area (Å²) < 4.78 is 13.0. The number of hydrogen-bond donors (Lipinski definition) is 2. The van der Waals surface area contributed by atoms with Crippen LogP contribution in [0.2, 0.25) is 0 Å². The van der Waals surface area contributed by atoms with Gasteiger partial charge < -0.3 is 10.8 Å². The number of benzene rings is 1. The second-order valence-corrected chi connectivity index (χ2v) is 2.86. The average molecular weight is 169 g/mol. The van der Waals surface area contributed by atoms with Crippen molar-refractivity contribution >= 4 is 0 Å². The smallest absolute Gasteiger partial charge is 0.230 e. The van der Waals surface area contributed by atoms with E-state index in [0.717, 1.165) is 12.5 Å². The van der Waals surface area contributed by atoms with E-state index in [1.165, 1.54) is 6.07 Å². The van der Waals surface area contributed by atoms with Crippen molar-refractivity contribution in [3.05, 3.63) is 35.4 Å². The number of rotatable bonds is 2. The minimum Gasteiger partial charge on any atom is -0.358 e. The molecule has 66 valence electrons. The van der Waals surface area contributed by atoms with Gasteiger partial charge in [0.05, 0.1) is 0 Å². The van der Waals surface area contributed by atoms with Crippen molar-refractivity contribution in [2.24, 2.45) is 5.73 Å². The van der Waals surface area contributed by atoms with Gasteiger partial charge in [0.2, 0.25) is 5.85 Å². The molecule has 0 aliphatic heterocycles. The van der Waals surface area contributed by atoms with E-state index in [2.05, 4.69) is 0 Å². The molecule has 0 radical (unpaired) electrons. The van der Waals surface area contributed by atoms with Crippen LogP contribution in [0.1, 0.15) is 18.1 Å². The Morgan fingerprint density at radius 2 is 2.25 bits per heavy atom. The van der Waals surface area contributed by atoms with Crippen LogP contribution in [0.3, 0.4) is 0 Å². The number of aliphatic hydroxyl groups is 1. The summed E-state index contributed by atoms with van der Waals surface area (Å²) in [5.74, 6) is -2.27. The predicted octanol–water partition coefficient (Wildman–Crippen LogP) is 1.28. The molecular formula is C9H12FNO. The van der Waals surface area contributed by atoms with E-state index in [4.69, 9.17) is 10.8 Å². The van der Waals surface area contributed by atoms with Gasteiger partial charge in [0.1, 0.15) is 0 Å². The molecule has 1 rings (SSSR count). The number of nitrogens with two attached hydrogens (primary N) is 1. The molecule has 1 aromatic carbocycles. The van der Waals surface area contributed by atoms with Gasteiger partial charge in [-0.05, 0) is 18.6 Å². The molecule has 0 aromatic heterocycles. The summed E-state index contributed by atoms with van der Waals surface area (Å²) in [5.41, 5.74) is 6.41. The van der Waals surface area contributed by atoms with Crippen LogP contribution in [0.4, 0.5) is 4.39 Å². The first-order valence-corrected chi connectivity index (χ1v) is 3.75. The zero-order valence-corrected chi connectivity index (χ0v) is 6.92. The van der Waals surface area contributed by atoms with Gasteiger partial charge in [0, 0.05) is 12.1 Å². The van der Waals surface area contributed by atoms with Gasteiger partial charge in [-0.1, -0.05) is 18.2 Å². The minimum atomic E-state index is -2.27. The lowest BCUT2D eigenvalue weighted by molar-refractivity contribution is -0.0769. The Morgan fingerprint density at radius 1 is 1.58 bits per heavy atom. The Hall–Kier alpha value is -0.930. The van der Waals surface area contributed by atoms with Crippen molar-refractivity contribution in [3.8, 4) is 0 Å². The van der Waals surface area contributed by atoms with E-state index >= 15 is 0 Å². The molecule has 0 bridgehead atoms. The summed E-state index contributed by atoms with van der Waals surface area (Å²) in [5, 5.41) is 9.00. The second kappa shape index (κ2) is 3.21. The Bertz CT molecular complexity index is 267. The topological polar surface area (TPSA) is 46.2 Å². The Balaban J connectivity index is 3.02. The maximum Gasteiger partial charge on any atom is 0.230 e. The Morgan fingerprint density at radius 3 is 2.75 bits per heavy atom. The maximum absolute atomic E-state index is 13.0. The van der Waals surface area contributed by atoms with Crippen LogP contribution < -0.4 is 5.73 Å². The Labute approximate surface area is 70.8 Å². The molecule has 3 heteroatoms. The van der Waals surface area contributed by atoms with Crippen LogP contribution in [0, 0.1) is 0 Å². The highest BCUT2D eigenvalue weighted by Gasteiger charge is 2.20. The first-order chi connectivity index (χ1) is 5.54. The van der Waals surface area contributed by atoms with Gasteiger partial charge in [-0.15, -0.1) is 0 Å². The molecule has 1 aromatic rings. The van der Waals surface area contributed by atoms with E-state index in [1.807, 2.05) is 0 Å². The van der Waals surface area contributed by atoms with Crippen molar-refractivity contribution in [3.63, 3.8) is 0 Å². The third-order valence-electron chi connectivity index (χ3n) is 1.69. The summed E-state index contributed by atoms with van der Waals surface area (Å²) in [6, 6.07) is 6.54. The molecule has 0 aliphatic rings. The molecule has 2 nitrogen and oxygen atoms in total. The highest BCUT2D eigenvalue weighted by atomic mass is 19.2. The summed E-state index contributed by atoms with van der Waals surface area (Å²) in [6.07, 6.45) is 0. The fourth-order valence-corrected chi connectivity index (χ4v) is 0.982. The molecule has 0 saturated heterocycles. The van der Waals surface area contributed by atoms with Gasteiger partial charge in [-0.3, -0.25) is 0 Å². The first kappa shape index (κ1) is 9.16. The summed E-state index contributed by atoms with van der Waals surface area (Å²) in [7, 11) is 0. The van der Waals surface area contributed by atoms with Crippen LogP contribution in [0.15, 0.2) is 24.3 Å². The number of halogens is 1. The summed E-state index contributed by atoms with van der Waals surface area (Å²) in [4.78, 5) is 0.